The maximum atomic E-state index is 5.46. The third kappa shape index (κ3) is 4.28. The highest BCUT2D eigenvalue weighted by atomic mass is 35.5. The van der Waals surface area contributed by atoms with Gasteiger partial charge in [-0.2, -0.15) is 0 Å². The number of hydrogen-bond donors (Lipinski definition) is 0. The normalized spacial score (nSPS) is 8.62. The Morgan fingerprint density at radius 3 is 2.62 bits per heavy atom. The summed E-state index contributed by atoms with van der Waals surface area (Å²) in [4.78, 5) is 0. The molecular formula is C6H11ClSi. The van der Waals surface area contributed by atoms with Crippen LogP contribution in [0.15, 0.2) is 12.3 Å². The minimum Gasteiger partial charge on any atom is -0.127 e. The van der Waals surface area contributed by atoms with Crippen molar-refractivity contribution in [2.75, 3.05) is 5.88 Å². The largest absolute Gasteiger partial charge is 0.127 e. The molecule has 0 unspecified atom stereocenters. The summed E-state index contributed by atoms with van der Waals surface area (Å²) in [6, 6.07) is 1.16. The van der Waals surface area contributed by atoms with Crippen LogP contribution in [0.25, 0.3) is 0 Å². The molecule has 0 aliphatic carbocycles. The number of alkyl halides is 1. The Morgan fingerprint density at radius 1 is 1.62 bits per heavy atom. The van der Waals surface area contributed by atoms with Gasteiger partial charge in [-0.15, -0.1) is 24.4 Å². The van der Waals surface area contributed by atoms with Gasteiger partial charge >= 0.3 is 0 Å². The van der Waals surface area contributed by atoms with E-state index in [1.165, 1.54) is 0 Å². The van der Waals surface area contributed by atoms with Crippen LogP contribution in [-0.2, 0) is 0 Å². The molecule has 0 atom stereocenters. The molecule has 0 rings (SSSR count). The third-order valence-electron chi connectivity index (χ3n) is 0.920. The van der Waals surface area contributed by atoms with Crippen molar-refractivity contribution in [2.45, 2.75) is 12.5 Å². The van der Waals surface area contributed by atoms with Gasteiger partial charge in [-0.1, -0.05) is 5.70 Å². The van der Waals surface area contributed by atoms with E-state index in [2.05, 4.69) is 12.8 Å². The molecule has 0 nitrogen and oxygen atoms in total. The Hall–Kier alpha value is 0.117. The molecule has 0 aromatic rings. The molecule has 0 N–H and O–H groups in total. The predicted octanol–water partition coefficient (Wildman–Crippen LogP) is 1.85. The van der Waals surface area contributed by atoms with Gasteiger partial charge < -0.3 is 0 Å². The zero-order valence-corrected chi connectivity index (χ0v) is 6.75. The Labute approximate surface area is 57.4 Å². The first-order valence-corrected chi connectivity index (χ1v) is 5.20. The maximum absolute atomic E-state index is 5.46. The van der Waals surface area contributed by atoms with Crippen LogP contribution < -0.4 is 0 Å². The average Bonchev–Trinajstić information content (AvgIpc) is 1.83. The third-order valence-corrected chi connectivity index (χ3v) is 2.76. The van der Waals surface area contributed by atoms with Crippen molar-refractivity contribution in [1.29, 1.82) is 0 Å². The molecule has 0 amide bonds. The number of rotatable bonds is 4. The van der Waals surface area contributed by atoms with E-state index in [0.29, 0.717) is 0 Å². The molecule has 8 heavy (non-hydrogen) atoms. The molecule has 0 saturated heterocycles. The molecule has 0 aromatic heterocycles. The molecule has 0 saturated carbocycles. The van der Waals surface area contributed by atoms with Gasteiger partial charge in [0.05, 0.1) is 0 Å². The molecule has 46 valence electrons. The Morgan fingerprint density at radius 2 is 2.25 bits per heavy atom. The highest BCUT2D eigenvalue weighted by molar-refractivity contribution is 6.66. The minimum absolute atomic E-state index is 0.462. The van der Waals surface area contributed by atoms with E-state index in [1.54, 1.807) is 0 Å². The molecular weight excluding hydrogens is 136 g/mol. The highest BCUT2D eigenvalue weighted by Crippen LogP contribution is 1.92. The summed E-state index contributed by atoms with van der Waals surface area (Å²) < 4.78 is 0. The second kappa shape index (κ2) is 5.26. The fourth-order valence-corrected chi connectivity index (χ4v) is 1.59. The maximum Gasteiger partial charge on any atom is 0.0287 e. The van der Waals surface area contributed by atoms with Crippen LogP contribution in [0.4, 0.5) is 0 Å². The summed E-state index contributed by atoms with van der Waals surface area (Å²) in [5, 5.41) is 0. The highest BCUT2D eigenvalue weighted by Gasteiger charge is 1.86. The van der Waals surface area contributed by atoms with Crippen molar-refractivity contribution in [3.63, 3.8) is 0 Å². The average molecular weight is 147 g/mol. The monoisotopic (exact) mass is 146 g/mol. The number of hydrogen-bond acceptors (Lipinski definition) is 0. The van der Waals surface area contributed by atoms with Gasteiger partial charge in [0.15, 0.2) is 0 Å². The van der Waals surface area contributed by atoms with Crippen LogP contribution in [0.3, 0.4) is 0 Å². The van der Waals surface area contributed by atoms with Crippen LogP contribution in [0.1, 0.15) is 6.42 Å². The molecule has 0 fully saturated rings. The lowest BCUT2D eigenvalue weighted by Gasteiger charge is -1.91. The molecule has 0 aliphatic heterocycles. The standard InChI is InChI=1S/C6H11ClSi/c1-3-8(2)6-4-5-7/h3H,1-2,4-6H2. The van der Waals surface area contributed by atoms with Crippen molar-refractivity contribution in [3.05, 3.63) is 12.3 Å². The molecule has 0 bridgehead atoms. The van der Waals surface area contributed by atoms with Gasteiger partial charge in [-0.3, -0.25) is 0 Å². The van der Waals surface area contributed by atoms with Crippen LogP contribution >= 0.6 is 11.6 Å². The van der Waals surface area contributed by atoms with Gasteiger partial charge in [0.2, 0.25) is 0 Å². The Kier molecular flexibility index (Phi) is 5.33. The zero-order valence-electron chi connectivity index (χ0n) is 4.99. The molecule has 0 aromatic carbocycles. The van der Waals surface area contributed by atoms with Crippen LogP contribution in [0.2, 0.25) is 6.04 Å². The van der Waals surface area contributed by atoms with Gasteiger partial charge in [0, 0.05) is 14.3 Å². The van der Waals surface area contributed by atoms with E-state index in [0.717, 1.165) is 18.3 Å². The molecule has 0 aliphatic rings. The molecule has 2 heteroatoms. The Balaban J connectivity index is 3.11. The van der Waals surface area contributed by atoms with Crippen molar-refractivity contribution in [2.24, 2.45) is 0 Å². The van der Waals surface area contributed by atoms with Crippen molar-refractivity contribution >= 4 is 26.2 Å². The van der Waals surface area contributed by atoms with E-state index in [4.69, 9.17) is 11.6 Å². The summed E-state index contributed by atoms with van der Waals surface area (Å²) in [5.41, 5.74) is 1.96. The zero-order chi connectivity index (χ0) is 6.41. The molecule has 0 radical (unpaired) electrons. The predicted molar refractivity (Wildman–Crippen MR) is 43.2 cm³/mol. The summed E-state index contributed by atoms with van der Waals surface area (Å²) in [6.45, 7) is 3.65. The van der Waals surface area contributed by atoms with E-state index < -0.39 is 8.41 Å². The lowest BCUT2D eigenvalue weighted by atomic mass is 10.6. The van der Waals surface area contributed by atoms with Gasteiger partial charge in [-0.05, 0) is 12.5 Å². The van der Waals surface area contributed by atoms with Crippen LogP contribution in [0, 0.1) is 0 Å². The van der Waals surface area contributed by atoms with Gasteiger partial charge in [0.1, 0.15) is 0 Å². The van der Waals surface area contributed by atoms with E-state index in [1.807, 2.05) is 5.70 Å². The fourth-order valence-electron chi connectivity index (χ4n) is 0.396. The fraction of sp³-hybridized carbons (Fsp3) is 0.500. The second-order valence-corrected chi connectivity index (χ2v) is 4.26. The Bertz CT molecular complexity index is 88.5. The molecule has 0 spiro atoms. The van der Waals surface area contributed by atoms with Gasteiger partial charge in [-0.25, -0.2) is 0 Å². The minimum atomic E-state index is -0.462. The smallest absolute Gasteiger partial charge is 0.0287 e. The van der Waals surface area contributed by atoms with E-state index in [-0.39, 0.29) is 0 Å². The quantitative estimate of drug-likeness (QED) is 0.420. The second-order valence-electron chi connectivity index (χ2n) is 1.65. The van der Waals surface area contributed by atoms with E-state index in [9.17, 15) is 0 Å². The van der Waals surface area contributed by atoms with Gasteiger partial charge in [0.25, 0.3) is 0 Å². The van der Waals surface area contributed by atoms with Crippen LogP contribution in [-0.4, -0.2) is 20.5 Å². The first kappa shape index (κ1) is 8.12. The van der Waals surface area contributed by atoms with E-state index >= 15 is 0 Å². The summed E-state index contributed by atoms with van der Waals surface area (Å²) >= 11 is 5.46. The lowest BCUT2D eigenvalue weighted by molar-refractivity contribution is 1.09. The summed E-state index contributed by atoms with van der Waals surface area (Å²) in [7, 11) is -0.462. The van der Waals surface area contributed by atoms with Crippen molar-refractivity contribution in [1.82, 2.24) is 0 Å². The van der Waals surface area contributed by atoms with Crippen LogP contribution in [0.5, 0.6) is 0 Å². The summed E-state index contributed by atoms with van der Waals surface area (Å²) in [6.07, 6.45) is 5.01. The topological polar surface area (TPSA) is 0 Å². The summed E-state index contributed by atoms with van der Waals surface area (Å²) in [5.74, 6) is 0.761. The SMILES string of the molecule is C=C[Si](=C)CCCCl. The number of halogens is 1. The van der Waals surface area contributed by atoms with Crippen molar-refractivity contribution in [3.8, 4) is 0 Å². The lowest BCUT2D eigenvalue weighted by Crippen LogP contribution is -1.93. The first-order chi connectivity index (χ1) is 3.81. The van der Waals surface area contributed by atoms with Crippen molar-refractivity contribution < 1.29 is 0 Å². The molecule has 0 heterocycles. The first-order valence-electron chi connectivity index (χ1n) is 2.67.